The molecule has 0 saturated heterocycles. The van der Waals surface area contributed by atoms with Crippen molar-refractivity contribution in [3.05, 3.63) is 88.4 Å². The van der Waals surface area contributed by atoms with Gasteiger partial charge in [0.05, 0.1) is 17.2 Å². The average molecular weight is 404 g/mol. The molecule has 0 bridgehead atoms. The fourth-order valence-electron chi connectivity index (χ4n) is 2.86. The quantitative estimate of drug-likeness (QED) is 0.254. The van der Waals surface area contributed by atoms with Gasteiger partial charge in [-0.2, -0.15) is 5.26 Å². The maximum Gasteiger partial charge on any atom is 0.343 e. The van der Waals surface area contributed by atoms with Gasteiger partial charge in [-0.05, 0) is 59.7 Å². The molecule has 0 spiro atoms. The van der Waals surface area contributed by atoms with Crippen molar-refractivity contribution < 1.29 is 19.0 Å². The SMILES string of the molecule is N#C/C(=C/c1cccc(OC(=O)c2ccc3c(c2)OCO3)c1)c1cccc(Cl)c1. The Labute approximate surface area is 172 Å². The second-order valence-electron chi connectivity index (χ2n) is 6.21. The van der Waals surface area contributed by atoms with Gasteiger partial charge in [0.1, 0.15) is 5.75 Å². The van der Waals surface area contributed by atoms with Gasteiger partial charge in [-0.1, -0.05) is 35.9 Å². The zero-order valence-corrected chi connectivity index (χ0v) is 15.8. The van der Waals surface area contributed by atoms with E-state index in [-0.39, 0.29) is 6.79 Å². The van der Waals surface area contributed by atoms with E-state index in [1.807, 2.05) is 12.1 Å². The zero-order chi connectivity index (χ0) is 20.2. The molecule has 0 aliphatic carbocycles. The normalized spacial score (nSPS) is 12.3. The number of halogens is 1. The molecule has 29 heavy (non-hydrogen) atoms. The Hall–Kier alpha value is -3.75. The molecule has 0 N–H and O–H groups in total. The van der Waals surface area contributed by atoms with Gasteiger partial charge in [0.15, 0.2) is 11.5 Å². The molecular formula is C23H14ClNO4. The first-order chi connectivity index (χ1) is 14.1. The van der Waals surface area contributed by atoms with Crippen LogP contribution in [0.15, 0.2) is 66.7 Å². The van der Waals surface area contributed by atoms with Gasteiger partial charge in [-0.15, -0.1) is 0 Å². The Morgan fingerprint density at radius 2 is 1.83 bits per heavy atom. The topological polar surface area (TPSA) is 68.5 Å². The predicted molar refractivity (Wildman–Crippen MR) is 109 cm³/mol. The molecule has 0 fully saturated rings. The maximum absolute atomic E-state index is 12.5. The summed E-state index contributed by atoms with van der Waals surface area (Å²) in [5, 5.41) is 10.1. The lowest BCUT2D eigenvalue weighted by Crippen LogP contribution is -2.08. The van der Waals surface area contributed by atoms with E-state index < -0.39 is 5.97 Å². The summed E-state index contributed by atoms with van der Waals surface area (Å²) in [5.74, 6) is 0.958. The van der Waals surface area contributed by atoms with Crippen LogP contribution in [-0.4, -0.2) is 12.8 Å². The highest BCUT2D eigenvalue weighted by atomic mass is 35.5. The van der Waals surface area contributed by atoms with Crippen molar-refractivity contribution in [2.75, 3.05) is 6.79 Å². The highest BCUT2D eigenvalue weighted by molar-refractivity contribution is 6.30. The third-order valence-corrected chi connectivity index (χ3v) is 4.48. The molecular weight excluding hydrogens is 390 g/mol. The Morgan fingerprint density at radius 3 is 2.66 bits per heavy atom. The van der Waals surface area contributed by atoms with Crippen LogP contribution in [0.5, 0.6) is 17.2 Å². The summed E-state index contributed by atoms with van der Waals surface area (Å²) >= 11 is 6.01. The first kappa shape index (κ1) is 18.6. The number of carbonyl (C=O) groups excluding carboxylic acids is 1. The smallest absolute Gasteiger partial charge is 0.343 e. The fourth-order valence-corrected chi connectivity index (χ4v) is 3.05. The number of hydrogen-bond acceptors (Lipinski definition) is 5. The second kappa shape index (κ2) is 8.09. The third kappa shape index (κ3) is 4.23. The van der Waals surface area contributed by atoms with Crippen LogP contribution in [0.3, 0.4) is 0 Å². The van der Waals surface area contributed by atoms with Gasteiger partial charge in [0, 0.05) is 5.02 Å². The number of benzene rings is 3. The molecule has 0 unspecified atom stereocenters. The summed E-state index contributed by atoms with van der Waals surface area (Å²) in [6.45, 7) is 0.135. The summed E-state index contributed by atoms with van der Waals surface area (Å²) in [7, 11) is 0. The Balaban J connectivity index is 1.55. The van der Waals surface area contributed by atoms with Crippen molar-refractivity contribution in [1.29, 1.82) is 5.26 Å². The molecule has 6 heteroatoms. The lowest BCUT2D eigenvalue weighted by atomic mass is 10.0. The first-order valence-corrected chi connectivity index (χ1v) is 9.10. The molecule has 0 aromatic heterocycles. The number of fused-ring (bicyclic) bond motifs is 1. The molecule has 0 radical (unpaired) electrons. The molecule has 5 nitrogen and oxygen atoms in total. The van der Waals surface area contributed by atoms with E-state index >= 15 is 0 Å². The zero-order valence-electron chi connectivity index (χ0n) is 15.1. The number of esters is 1. The molecule has 0 saturated carbocycles. The number of rotatable bonds is 4. The monoisotopic (exact) mass is 403 g/mol. The van der Waals surface area contributed by atoms with Crippen molar-refractivity contribution >= 4 is 29.2 Å². The molecule has 1 aliphatic rings. The van der Waals surface area contributed by atoms with E-state index in [2.05, 4.69) is 6.07 Å². The predicted octanol–water partition coefficient (Wildman–Crippen LogP) is 5.35. The Morgan fingerprint density at radius 1 is 1.00 bits per heavy atom. The number of ether oxygens (including phenoxy) is 3. The summed E-state index contributed by atoms with van der Waals surface area (Å²) in [6.07, 6.45) is 1.71. The van der Waals surface area contributed by atoms with Crippen LogP contribution in [0.1, 0.15) is 21.5 Å². The molecule has 1 heterocycles. The molecule has 0 amide bonds. The van der Waals surface area contributed by atoms with Crippen molar-refractivity contribution in [3.63, 3.8) is 0 Å². The van der Waals surface area contributed by atoms with Crippen LogP contribution in [0, 0.1) is 11.3 Å². The van der Waals surface area contributed by atoms with E-state index in [1.165, 1.54) is 0 Å². The highest BCUT2D eigenvalue weighted by Crippen LogP contribution is 2.33. The maximum atomic E-state index is 12.5. The van der Waals surface area contributed by atoms with Crippen LogP contribution in [0.2, 0.25) is 5.02 Å². The molecule has 1 aliphatic heterocycles. The van der Waals surface area contributed by atoms with Gasteiger partial charge in [-0.3, -0.25) is 0 Å². The summed E-state index contributed by atoms with van der Waals surface area (Å²) in [5.41, 5.74) is 2.24. The van der Waals surface area contributed by atoms with Crippen LogP contribution < -0.4 is 14.2 Å². The van der Waals surface area contributed by atoms with Gasteiger partial charge >= 0.3 is 5.97 Å². The summed E-state index contributed by atoms with van der Waals surface area (Å²) in [6, 6.07) is 21.0. The minimum atomic E-state index is -0.514. The summed E-state index contributed by atoms with van der Waals surface area (Å²) in [4.78, 5) is 12.5. The average Bonchev–Trinajstić information content (AvgIpc) is 3.20. The van der Waals surface area contributed by atoms with Crippen LogP contribution in [0.25, 0.3) is 11.6 Å². The van der Waals surface area contributed by atoms with Crippen molar-refractivity contribution in [3.8, 4) is 23.3 Å². The minimum absolute atomic E-state index is 0.135. The van der Waals surface area contributed by atoms with E-state index in [0.29, 0.717) is 39.0 Å². The van der Waals surface area contributed by atoms with Crippen molar-refractivity contribution in [1.82, 2.24) is 0 Å². The standard InChI is InChI=1S/C23H14ClNO4/c24-19-5-2-4-16(11-19)18(13-25)9-15-3-1-6-20(10-15)29-23(26)17-7-8-21-22(12-17)28-14-27-21/h1-12H,14H2/b18-9-. The van der Waals surface area contributed by atoms with Gasteiger partial charge in [0.2, 0.25) is 6.79 Å². The van der Waals surface area contributed by atoms with Crippen LogP contribution >= 0.6 is 11.6 Å². The van der Waals surface area contributed by atoms with Crippen LogP contribution in [-0.2, 0) is 0 Å². The largest absolute Gasteiger partial charge is 0.454 e. The van der Waals surface area contributed by atoms with Crippen molar-refractivity contribution in [2.24, 2.45) is 0 Å². The van der Waals surface area contributed by atoms with Gasteiger partial charge in [0.25, 0.3) is 0 Å². The fraction of sp³-hybridized carbons (Fsp3) is 0.0435. The molecule has 3 aromatic rings. The number of hydrogen-bond donors (Lipinski definition) is 0. The first-order valence-electron chi connectivity index (χ1n) is 8.72. The minimum Gasteiger partial charge on any atom is -0.454 e. The lowest BCUT2D eigenvalue weighted by molar-refractivity contribution is 0.0734. The van der Waals surface area contributed by atoms with Crippen molar-refractivity contribution in [2.45, 2.75) is 0 Å². The number of carbonyl (C=O) groups is 1. The summed E-state index contributed by atoms with van der Waals surface area (Å²) < 4.78 is 16.0. The molecule has 4 rings (SSSR count). The van der Waals surface area contributed by atoms with E-state index in [1.54, 1.807) is 60.7 Å². The molecule has 142 valence electrons. The molecule has 3 aromatic carbocycles. The van der Waals surface area contributed by atoms with Gasteiger partial charge in [-0.25, -0.2) is 4.79 Å². The highest BCUT2D eigenvalue weighted by Gasteiger charge is 2.17. The molecule has 0 atom stereocenters. The number of nitriles is 1. The van der Waals surface area contributed by atoms with E-state index in [4.69, 9.17) is 25.8 Å². The lowest BCUT2D eigenvalue weighted by Gasteiger charge is -2.06. The Bertz CT molecular complexity index is 1160. The van der Waals surface area contributed by atoms with Crippen LogP contribution in [0.4, 0.5) is 0 Å². The van der Waals surface area contributed by atoms with Gasteiger partial charge < -0.3 is 14.2 Å². The number of nitrogens with zero attached hydrogens (tertiary/aromatic N) is 1. The Kier molecular flexibility index (Phi) is 5.19. The van der Waals surface area contributed by atoms with E-state index in [9.17, 15) is 10.1 Å². The van der Waals surface area contributed by atoms with E-state index in [0.717, 1.165) is 5.56 Å². The second-order valence-corrected chi connectivity index (χ2v) is 6.65. The number of allylic oxidation sites excluding steroid dienone is 1. The third-order valence-electron chi connectivity index (χ3n) is 4.24.